The summed E-state index contributed by atoms with van der Waals surface area (Å²) in [4.78, 5) is 2.68. The highest BCUT2D eigenvalue weighted by molar-refractivity contribution is 9.10. The molecule has 0 aromatic heterocycles. The Labute approximate surface area is 137 Å². The minimum Gasteiger partial charge on any atom is -0.381 e. The molecule has 2 atom stereocenters. The lowest BCUT2D eigenvalue weighted by Gasteiger charge is -2.49. The van der Waals surface area contributed by atoms with Gasteiger partial charge in [0.25, 0.3) is 0 Å². The van der Waals surface area contributed by atoms with Crippen molar-refractivity contribution in [3.8, 4) is 0 Å². The first-order chi connectivity index (χ1) is 10.0. The predicted octanol–water partition coefficient (Wildman–Crippen LogP) is 4.68. The second kappa shape index (κ2) is 6.29. The Bertz CT molecular complexity index is 486. The van der Waals surface area contributed by atoms with Crippen LogP contribution >= 0.6 is 15.9 Å². The molecular weight excluding hydrogens is 324 g/mol. The Morgan fingerprint density at radius 2 is 1.86 bits per heavy atom. The van der Waals surface area contributed by atoms with Gasteiger partial charge in [-0.1, -0.05) is 28.4 Å². The number of anilines is 1. The fraction of sp³-hybridized carbons (Fsp3) is 0.667. The van der Waals surface area contributed by atoms with Crippen LogP contribution in [0.1, 0.15) is 38.7 Å². The lowest BCUT2D eigenvalue weighted by Crippen LogP contribution is -2.56. The Hall–Kier alpha value is -0.540. The number of benzene rings is 1. The Morgan fingerprint density at radius 1 is 1.19 bits per heavy atom. The summed E-state index contributed by atoms with van der Waals surface area (Å²) in [5.41, 5.74) is 2.66. The molecule has 2 bridgehead atoms. The van der Waals surface area contributed by atoms with E-state index in [1.54, 1.807) is 0 Å². The van der Waals surface area contributed by atoms with Gasteiger partial charge in [-0.3, -0.25) is 0 Å². The van der Waals surface area contributed by atoms with Crippen molar-refractivity contribution in [2.24, 2.45) is 11.8 Å². The first-order valence-corrected chi connectivity index (χ1v) is 9.10. The van der Waals surface area contributed by atoms with E-state index in [1.807, 2.05) is 0 Å². The molecule has 1 saturated carbocycles. The number of rotatable bonds is 3. The van der Waals surface area contributed by atoms with E-state index in [0.717, 1.165) is 11.8 Å². The van der Waals surface area contributed by atoms with Crippen molar-refractivity contribution < 1.29 is 0 Å². The van der Waals surface area contributed by atoms with Gasteiger partial charge in [-0.25, -0.2) is 0 Å². The van der Waals surface area contributed by atoms with Gasteiger partial charge in [0.05, 0.1) is 0 Å². The van der Waals surface area contributed by atoms with Crippen LogP contribution in [0.5, 0.6) is 0 Å². The van der Waals surface area contributed by atoms with Crippen LogP contribution in [0.15, 0.2) is 22.7 Å². The van der Waals surface area contributed by atoms with Gasteiger partial charge in [0.1, 0.15) is 0 Å². The molecule has 2 aliphatic rings. The zero-order valence-corrected chi connectivity index (χ0v) is 15.0. The van der Waals surface area contributed by atoms with E-state index in [2.05, 4.69) is 65.1 Å². The van der Waals surface area contributed by atoms with Crippen LogP contribution in [0.2, 0.25) is 0 Å². The molecule has 3 heteroatoms. The van der Waals surface area contributed by atoms with E-state index in [-0.39, 0.29) is 0 Å². The van der Waals surface area contributed by atoms with Crippen LogP contribution < -0.4 is 5.32 Å². The number of piperidine rings is 1. The van der Waals surface area contributed by atoms with Gasteiger partial charge >= 0.3 is 0 Å². The van der Waals surface area contributed by atoms with Gasteiger partial charge in [0.15, 0.2) is 0 Å². The molecule has 1 aliphatic carbocycles. The fourth-order valence-corrected chi connectivity index (χ4v) is 4.42. The third-order valence-electron chi connectivity index (χ3n) is 5.36. The molecule has 0 radical (unpaired) electrons. The smallest absolute Gasteiger partial charge is 0.0383 e. The highest BCUT2D eigenvalue weighted by atomic mass is 79.9. The van der Waals surface area contributed by atoms with Gasteiger partial charge in [-0.2, -0.15) is 0 Å². The number of nitrogens with one attached hydrogen (secondary N) is 1. The monoisotopic (exact) mass is 350 g/mol. The highest BCUT2D eigenvalue weighted by Crippen LogP contribution is 2.38. The molecule has 1 aromatic carbocycles. The van der Waals surface area contributed by atoms with E-state index < -0.39 is 0 Å². The van der Waals surface area contributed by atoms with Crippen molar-refractivity contribution in [1.82, 2.24) is 4.90 Å². The van der Waals surface area contributed by atoms with E-state index >= 15 is 0 Å². The molecule has 2 unspecified atom stereocenters. The SMILES string of the molecule is Cc1ccc(Br)cc1NC1C2CCCC1CN(C(C)C)C2. The largest absolute Gasteiger partial charge is 0.381 e. The molecule has 1 saturated heterocycles. The maximum Gasteiger partial charge on any atom is 0.0383 e. The van der Waals surface area contributed by atoms with E-state index in [1.165, 1.54) is 48.1 Å². The predicted molar refractivity (Wildman–Crippen MR) is 93.8 cm³/mol. The summed E-state index contributed by atoms with van der Waals surface area (Å²) in [5.74, 6) is 1.61. The van der Waals surface area contributed by atoms with Crippen LogP contribution in [-0.2, 0) is 0 Å². The molecule has 21 heavy (non-hydrogen) atoms. The molecule has 2 nitrogen and oxygen atoms in total. The standard InChI is InChI=1S/C18H27BrN2/c1-12(2)21-10-14-5-4-6-15(11-21)18(14)20-17-9-16(19)8-7-13(17)3/h7-9,12,14-15,18,20H,4-6,10-11H2,1-3H3. The second-order valence-electron chi connectivity index (χ2n) is 7.13. The molecule has 1 N–H and O–H groups in total. The first-order valence-electron chi connectivity index (χ1n) is 8.31. The van der Waals surface area contributed by atoms with Crippen molar-refractivity contribution in [3.05, 3.63) is 28.2 Å². The number of aryl methyl sites for hydroxylation is 1. The molecule has 0 spiro atoms. The summed E-state index contributed by atoms with van der Waals surface area (Å²) >= 11 is 3.60. The second-order valence-corrected chi connectivity index (χ2v) is 8.04. The van der Waals surface area contributed by atoms with Gasteiger partial charge in [0.2, 0.25) is 0 Å². The van der Waals surface area contributed by atoms with E-state index in [0.29, 0.717) is 12.1 Å². The summed E-state index contributed by atoms with van der Waals surface area (Å²) in [6.45, 7) is 9.40. The van der Waals surface area contributed by atoms with Crippen molar-refractivity contribution in [2.75, 3.05) is 18.4 Å². The maximum absolute atomic E-state index is 3.89. The molecule has 0 amide bonds. The minimum absolute atomic E-state index is 0.654. The van der Waals surface area contributed by atoms with Crippen molar-refractivity contribution in [3.63, 3.8) is 0 Å². The summed E-state index contributed by atoms with van der Waals surface area (Å²) < 4.78 is 1.17. The number of halogens is 1. The quantitative estimate of drug-likeness (QED) is 0.851. The fourth-order valence-electron chi connectivity index (χ4n) is 4.06. The summed E-state index contributed by atoms with van der Waals surface area (Å²) in [7, 11) is 0. The first kappa shape index (κ1) is 15.4. The average Bonchev–Trinajstić information content (AvgIpc) is 2.42. The third-order valence-corrected chi connectivity index (χ3v) is 5.85. The highest BCUT2D eigenvalue weighted by Gasteiger charge is 2.40. The lowest BCUT2D eigenvalue weighted by molar-refractivity contribution is 0.0518. The topological polar surface area (TPSA) is 15.3 Å². The van der Waals surface area contributed by atoms with Crippen LogP contribution in [0, 0.1) is 18.8 Å². The molecule has 2 fully saturated rings. The van der Waals surface area contributed by atoms with Gasteiger partial charge in [-0.15, -0.1) is 0 Å². The Morgan fingerprint density at radius 3 is 2.48 bits per heavy atom. The van der Waals surface area contributed by atoms with Crippen molar-refractivity contribution in [2.45, 2.75) is 52.1 Å². The number of hydrogen-bond donors (Lipinski definition) is 1. The summed E-state index contributed by atoms with van der Waals surface area (Å²) in [6, 6.07) is 7.90. The Kier molecular flexibility index (Phi) is 4.60. The van der Waals surface area contributed by atoms with Crippen molar-refractivity contribution >= 4 is 21.6 Å². The number of fused-ring (bicyclic) bond motifs is 2. The average molecular weight is 351 g/mol. The number of hydrogen-bond acceptors (Lipinski definition) is 2. The molecular formula is C18H27BrN2. The molecule has 1 heterocycles. The van der Waals surface area contributed by atoms with Crippen molar-refractivity contribution in [1.29, 1.82) is 0 Å². The summed E-state index contributed by atoms with van der Waals surface area (Å²) in [6.07, 6.45) is 4.17. The van der Waals surface area contributed by atoms with Gasteiger partial charge in [-0.05, 0) is 63.1 Å². The molecule has 3 rings (SSSR count). The normalized spacial score (nSPS) is 29.7. The zero-order chi connectivity index (χ0) is 15.0. The van der Waals surface area contributed by atoms with Crippen LogP contribution in [0.25, 0.3) is 0 Å². The van der Waals surface area contributed by atoms with E-state index in [9.17, 15) is 0 Å². The zero-order valence-electron chi connectivity index (χ0n) is 13.4. The third kappa shape index (κ3) is 3.29. The van der Waals surface area contributed by atoms with Gasteiger partial charge < -0.3 is 10.2 Å². The molecule has 116 valence electrons. The van der Waals surface area contributed by atoms with E-state index in [4.69, 9.17) is 0 Å². The Balaban J connectivity index is 1.78. The molecule has 1 aliphatic heterocycles. The minimum atomic E-state index is 0.654. The van der Waals surface area contributed by atoms with Gasteiger partial charge in [0, 0.05) is 35.3 Å². The number of nitrogens with zero attached hydrogens (tertiary/aromatic N) is 1. The maximum atomic E-state index is 3.89. The van der Waals surface area contributed by atoms with Crippen LogP contribution in [0.3, 0.4) is 0 Å². The van der Waals surface area contributed by atoms with Crippen LogP contribution in [0.4, 0.5) is 5.69 Å². The molecule has 1 aromatic rings. The lowest BCUT2D eigenvalue weighted by atomic mass is 9.73. The summed E-state index contributed by atoms with van der Waals surface area (Å²) in [5, 5.41) is 3.89. The van der Waals surface area contributed by atoms with Crippen LogP contribution in [-0.4, -0.2) is 30.1 Å². The number of likely N-dealkylation sites (tertiary alicyclic amines) is 1.